The molecule has 1 aromatic carbocycles. The van der Waals surface area contributed by atoms with Crippen molar-refractivity contribution in [2.75, 3.05) is 24.3 Å². The number of hydrogen-bond acceptors (Lipinski definition) is 7. The maximum Gasteiger partial charge on any atom is 0.343 e. The number of hydrogen-bond donors (Lipinski definition) is 0. The van der Waals surface area contributed by atoms with Crippen LogP contribution in [0.3, 0.4) is 0 Å². The first-order valence-corrected chi connectivity index (χ1v) is 8.71. The first-order chi connectivity index (χ1) is 11.7. The molecule has 2 aromatic rings. The number of aromatic nitrogens is 2. The second kappa shape index (κ2) is 8.89. The van der Waals surface area contributed by atoms with Crippen molar-refractivity contribution in [1.82, 2.24) is 9.97 Å². The van der Waals surface area contributed by atoms with Gasteiger partial charge in [-0.3, -0.25) is 0 Å². The van der Waals surface area contributed by atoms with Crippen LogP contribution in [0, 0.1) is 11.3 Å². The van der Waals surface area contributed by atoms with E-state index in [0.29, 0.717) is 23.9 Å². The number of ether oxygens (including phenoxy) is 1. The second-order valence-corrected chi connectivity index (χ2v) is 5.48. The maximum absolute atomic E-state index is 12.3. The van der Waals surface area contributed by atoms with Crippen LogP contribution in [-0.2, 0) is 4.74 Å². The summed E-state index contributed by atoms with van der Waals surface area (Å²) in [5, 5.41) is 9.52. The normalized spacial score (nSPS) is 10.0. The molecule has 0 radical (unpaired) electrons. The van der Waals surface area contributed by atoms with Crippen molar-refractivity contribution in [2.24, 2.45) is 0 Å². The van der Waals surface area contributed by atoms with Crippen molar-refractivity contribution in [3.05, 3.63) is 42.1 Å². The number of para-hydroxylation sites is 1. The SMILES string of the molecule is CCOC(=O)c1cnc(SC)nc1N(CCC#N)c1ccccc1. The summed E-state index contributed by atoms with van der Waals surface area (Å²) < 4.78 is 5.12. The Kier molecular flexibility index (Phi) is 6.58. The molecule has 0 N–H and O–H groups in total. The van der Waals surface area contributed by atoms with Gasteiger partial charge in [-0.05, 0) is 25.3 Å². The molecule has 0 aliphatic rings. The Hall–Kier alpha value is -2.59. The van der Waals surface area contributed by atoms with Gasteiger partial charge < -0.3 is 9.64 Å². The van der Waals surface area contributed by atoms with E-state index in [0.717, 1.165) is 5.69 Å². The molecule has 1 aromatic heterocycles. The van der Waals surface area contributed by atoms with Crippen LogP contribution >= 0.6 is 11.8 Å². The lowest BCUT2D eigenvalue weighted by Gasteiger charge is -2.24. The number of rotatable bonds is 7. The van der Waals surface area contributed by atoms with E-state index < -0.39 is 5.97 Å². The Morgan fingerprint density at radius 3 is 2.75 bits per heavy atom. The molecule has 0 aliphatic heterocycles. The molecule has 0 saturated heterocycles. The van der Waals surface area contributed by atoms with Gasteiger partial charge in [0.1, 0.15) is 5.56 Å². The third-order valence-corrected chi connectivity index (χ3v) is 3.76. The highest BCUT2D eigenvalue weighted by Gasteiger charge is 2.22. The Morgan fingerprint density at radius 1 is 1.38 bits per heavy atom. The Labute approximate surface area is 145 Å². The summed E-state index contributed by atoms with van der Waals surface area (Å²) in [4.78, 5) is 22.8. The Balaban J connectivity index is 2.54. The van der Waals surface area contributed by atoms with Crippen LogP contribution in [0.25, 0.3) is 0 Å². The predicted molar refractivity (Wildman–Crippen MR) is 93.4 cm³/mol. The number of anilines is 2. The van der Waals surface area contributed by atoms with Crippen molar-refractivity contribution in [2.45, 2.75) is 18.5 Å². The number of nitriles is 1. The molecule has 24 heavy (non-hydrogen) atoms. The first kappa shape index (κ1) is 17.8. The third-order valence-electron chi connectivity index (χ3n) is 3.20. The quantitative estimate of drug-likeness (QED) is 0.433. The zero-order chi connectivity index (χ0) is 17.4. The summed E-state index contributed by atoms with van der Waals surface area (Å²) in [5.41, 5.74) is 1.14. The zero-order valence-corrected chi connectivity index (χ0v) is 14.4. The molecule has 0 atom stereocenters. The van der Waals surface area contributed by atoms with Gasteiger partial charge in [0.15, 0.2) is 11.0 Å². The fraction of sp³-hybridized carbons (Fsp3) is 0.294. The summed E-state index contributed by atoms with van der Waals surface area (Å²) >= 11 is 1.39. The van der Waals surface area contributed by atoms with Crippen molar-refractivity contribution in [1.29, 1.82) is 5.26 Å². The van der Waals surface area contributed by atoms with Gasteiger partial charge in [-0.25, -0.2) is 14.8 Å². The number of nitrogens with zero attached hydrogens (tertiary/aromatic N) is 4. The van der Waals surface area contributed by atoms with Gasteiger partial charge in [-0.2, -0.15) is 5.26 Å². The summed E-state index contributed by atoms with van der Waals surface area (Å²) in [6, 6.07) is 11.7. The third kappa shape index (κ3) is 4.24. The van der Waals surface area contributed by atoms with Gasteiger partial charge in [0.05, 0.1) is 19.1 Å². The molecule has 1 heterocycles. The molecule has 6 nitrogen and oxygen atoms in total. The first-order valence-electron chi connectivity index (χ1n) is 7.49. The number of carbonyl (C=O) groups excluding carboxylic acids is 1. The minimum Gasteiger partial charge on any atom is -0.462 e. The maximum atomic E-state index is 12.3. The summed E-state index contributed by atoms with van der Waals surface area (Å²) in [5.74, 6) is -0.0210. The molecule has 0 spiro atoms. The van der Waals surface area contributed by atoms with E-state index in [-0.39, 0.29) is 12.2 Å². The lowest BCUT2D eigenvalue weighted by molar-refractivity contribution is 0.0526. The van der Waals surface area contributed by atoms with Crippen LogP contribution < -0.4 is 4.90 Å². The van der Waals surface area contributed by atoms with Gasteiger partial charge >= 0.3 is 5.97 Å². The second-order valence-electron chi connectivity index (χ2n) is 4.71. The minimum absolute atomic E-state index is 0.270. The van der Waals surface area contributed by atoms with Crippen LogP contribution in [-0.4, -0.2) is 35.3 Å². The number of thioether (sulfide) groups is 1. The van der Waals surface area contributed by atoms with E-state index in [9.17, 15) is 4.79 Å². The van der Waals surface area contributed by atoms with E-state index in [4.69, 9.17) is 10.00 Å². The minimum atomic E-state index is -0.474. The smallest absolute Gasteiger partial charge is 0.343 e. The molecule has 0 aliphatic carbocycles. The van der Waals surface area contributed by atoms with Crippen molar-refractivity contribution in [3.63, 3.8) is 0 Å². The molecule has 0 bridgehead atoms. The molecule has 0 unspecified atom stereocenters. The summed E-state index contributed by atoms with van der Waals surface area (Å²) in [7, 11) is 0. The molecule has 0 amide bonds. The molecule has 2 rings (SSSR count). The fourth-order valence-corrected chi connectivity index (χ4v) is 2.48. The molecule has 0 fully saturated rings. The predicted octanol–water partition coefficient (Wildman–Crippen LogP) is 3.43. The molecule has 7 heteroatoms. The number of esters is 1. The molecule has 0 saturated carbocycles. The standard InChI is InChI=1S/C17H18N4O2S/c1-3-23-16(22)14-12-19-17(24-2)20-15(14)21(11-7-10-18)13-8-5-4-6-9-13/h4-6,8-9,12H,3,7,11H2,1-2H3. The highest BCUT2D eigenvalue weighted by atomic mass is 32.2. The van der Waals surface area contributed by atoms with Gasteiger partial charge in [-0.15, -0.1) is 0 Å². The summed E-state index contributed by atoms with van der Waals surface area (Å²) in [6.07, 6.45) is 3.65. The van der Waals surface area contributed by atoms with Crippen LogP contribution in [0.2, 0.25) is 0 Å². The average molecular weight is 342 g/mol. The average Bonchev–Trinajstić information content (AvgIpc) is 2.63. The van der Waals surface area contributed by atoms with Gasteiger partial charge in [0.2, 0.25) is 0 Å². The van der Waals surface area contributed by atoms with E-state index in [2.05, 4.69) is 16.0 Å². The van der Waals surface area contributed by atoms with Gasteiger partial charge in [-0.1, -0.05) is 30.0 Å². The molecular formula is C17H18N4O2S. The highest BCUT2D eigenvalue weighted by Crippen LogP contribution is 2.28. The fourth-order valence-electron chi connectivity index (χ4n) is 2.14. The lowest BCUT2D eigenvalue weighted by Crippen LogP contribution is -2.23. The van der Waals surface area contributed by atoms with Crippen molar-refractivity contribution in [3.8, 4) is 6.07 Å². The molecule has 124 valence electrons. The van der Waals surface area contributed by atoms with E-state index in [1.54, 1.807) is 6.92 Å². The van der Waals surface area contributed by atoms with Crippen molar-refractivity contribution >= 4 is 29.2 Å². The summed E-state index contributed by atoms with van der Waals surface area (Å²) in [6.45, 7) is 2.43. The zero-order valence-electron chi connectivity index (χ0n) is 13.6. The van der Waals surface area contributed by atoms with Crippen LogP contribution in [0.5, 0.6) is 0 Å². The van der Waals surface area contributed by atoms with Crippen LogP contribution in [0.15, 0.2) is 41.7 Å². The lowest BCUT2D eigenvalue weighted by atomic mass is 10.2. The van der Waals surface area contributed by atoms with Gasteiger partial charge in [0, 0.05) is 18.4 Å². The Morgan fingerprint density at radius 2 is 2.12 bits per heavy atom. The van der Waals surface area contributed by atoms with E-state index in [1.807, 2.05) is 41.5 Å². The highest BCUT2D eigenvalue weighted by molar-refractivity contribution is 7.98. The number of carbonyl (C=O) groups is 1. The largest absolute Gasteiger partial charge is 0.462 e. The Bertz CT molecular complexity index is 731. The van der Waals surface area contributed by atoms with Crippen molar-refractivity contribution < 1.29 is 9.53 Å². The van der Waals surface area contributed by atoms with Gasteiger partial charge in [0.25, 0.3) is 0 Å². The van der Waals surface area contributed by atoms with E-state index in [1.165, 1.54) is 18.0 Å². The van der Waals surface area contributed by atoms with E-state index >= 15 is 0 Å². The van der Waals surface area contributed by atoms with Crippen LogP contribution in [0.4, 0.5) is 11.5 Å². The topological polar surface area (TPSA) is 79.1 Å². The van der Waals surface area contributed by atoms with Crippen LogP contribution in [0.1, 0.15) is 23.7 Å². The molecular weight excluding hydrogens is 324 g/mol. The number of benzene rings is 1. The monoisotopic (exact) mass is 342 g/mol.